The summed E-state index contributed by atoms with van der Waals surface area (Å²) >= 11 is 5.89. The fourth-order valence-corrected chi connectivity index (χ4v) is 3.13. The molecular formula is C17H23ClN2O3. The van der Waals surface area contributed by atoms with Crippen LogP contribution in [0.5, 0.6) is 0 Å². The molecule has 1 aromatic rings. The van der Waals surface area contributed by atoms with Gasteiger partial charge in [0, 0.05) is 18.1 Å². The molecule has 126 valence electrons. The zero-order valence-electron chi connectivity index (χ0n) is 13.5. The number of rotatable bonds is 4. The van der Waals surface area contributed by atoms with Gasteiger partial charge in [0.25, 0.3) is 0 Å². The average molecular weight is 339 g/mol. The van der Waals surface area contributed by atoms with E-state index in [4.69, 9.17) is 17.3 Å². The van der Waals surface area contributed by atoms with Crippen molar-refractivity contribution in [1.82, 2.24) is 4.90 Å². The lowest BCUT2D eigenvalue weighted by Gasteiger charge is -2.40. The van der Waals surface area contributed by atoms with Crippen LogP contribution in [-0.4, -0.2) is 41.0 Å². The second kappa shape index (κ2) is 6.89. The van der Waals surface area contributed by atoms with Gasteiger partial charge in [0.2, 0.25) is 5.91 Å². The Morgan fingerprint density at radius 1 is 1.22 bits per heavy atom. The number of nitrogens with two attached hydrogens (primary N) is 1. The molecule has 1 unspecified atom stereocenters. The van der Waals surface area contributed by atoms with Gasteiger partial charge >= 0.3 is 5.97 Å². The number of carboxylic acids is 1. The molecule has 0 aromatic heterocycles. The van der Waals surface area contributed by atoms with Gasteiger partial charge in [0.1, 0.15) is 0 Å². The van der Waals surface area contributed by atoms with Crippen molar-refractivity contribution in [3.05, 3.63) is 34.9 Å². The molecule has 1 aliphatic rings. The quantitative estimate of drug-likeness (QED) is 0.882. The van der Waals surface area contributed by atoms with E-state index in [-0.39, 0.29) is 11.8 Å². The molecule has 1 aliphatic heterocycles. The molecular weight excluding hydrogens is 316 g/mol. The molecule has 1 atom stereocenters. The first-order chi connectivity index (χ1) is 10.8. The normalized spacial score (nSPS) is 18.7. The molecule has 1 heterocycles. The lowest BCUT2D eigenvalue weighted by Crippen LogP contribution is -2.53. The van der Waals surface area contributed by atoms with Gasteiger partial charge in [-0.25, -0.2) is 0 Å². The number of carbonyl (C=O) groups excluding carboxylic acids is 1. The van der Waals surface area contributed by atoms with Crippen molar-refractivity contribution in [2.75, 3.05) is 13.1 Å². The number of carboxylic acid groups (broad SMARTS) is 1. The Morgan fingerprint density at radius 2 is 1.74 bits per heavy atom. The number of nitrogens with zero attached hydrogens (tertiary/aromatic N) is 1. The van der Waals surface area contributed by atoms with Crippen LogP contribution in [0.15, 0.2) is 24.3 Å². The molecule has 0 spiro atoms. The van der Waals surface area contributed by atoms with Gasteiger partial charge in [0.05, 0.1) is 11.5 Å². The van der Waals surface area contributed by atoms with Crippen LogP contribution in [0.3, 0.4) is 0 Å². The van der Waals surface area contributed by atoms with E-state index in [0.29, 0.717) is 31.0 Å². The molecule has 0 bridgehead atoms. The molecule has 2 rings (SSSR count). The molecule has 3 N–H and O–H groups in total. The topological polar surface area (TPSA) is 83.6 Å². The summed E-state index contributed by atoms with van der Waals surface area (Å²) in [6, 6.07) is 6.38. The van der Waals surface area contributed by atoms with E-state index in [1.54, 1.807) is 29.2 Å². The summed E-state index contributed by atoms with van der Waals surface area (Å²) in [5.74, 6) is -0.903. The summed E-state index contributed by atoms with van der Waals surface area (Å²) in [5, 5.41) is 10.3. The highest BCUT2D eigenvalue weighted by atomic mass is 35.5. The van der Waals surface area contributed by atoms with Crippen LogP contribution in [0.25, 0.3) is 0 Å². The van der Waals surface area contributed by atoms with E-state index in [2.05, 4.69) is 0 Å². The van der Waals surface area contributed by atoms with E-state index in [0.717, 1.165) is 5.56 Å². The van der Waals surface area contributed by atoms with Crippen LogP contribution >= 0.6 is 11.6 Å². The van der Waals surface area contributed by atoms with Gasteiger partial charge in [-0.3, -0.25) is 9.59 Å². The number of aliphatic carboxylic acids is 1. The van der Waals surface area contributed by atoms with Crippen LogP contribution in [0, 0.1) is 5.92 Å². The second-order valence-electron chi connectivity index (χ2n) is 6.49. The maximum Gasteiger partial charge on any atom is 0.314 e. The fourth-order valence-electron chi connectivity index (χ4n) is 3.00. The summed E-state index contributed by atoms with van der Waals surface area (Å²) < 4.78 is 0. The maximum absolute atomic E-state index is 12.3. The largest absolute Gasteiger partial charge is 0.481 e. The molecule has 1 fully saturated rings. The number of hydrogen-bond acceptors (Lipinski definition) is 3. The Kier molecular flexibility index (Phi) is 5.32. The van der Waals surface area contributed by atoms with Crippen molar-refractivity contribution in [3.63, 3.8) is 0 Å². The number of halogens is 1. The van der Waals surface area contributed by atoms with Crippen molar-refractivity contribution in [3.8, 4) is 0 Å². The Balaban J connectivity index is 2.17. The summed E-state index contributed by atoms with van der Waals surface area (Å²) in [6.45, 7) is 4.60. The van der Waals surface area contributed by atoms with Crippen LogP contribution in [-0.2, 0) is 15.0 Å². The zero-order chi connectivity index (χ0) is 17.2. The van der Waals surface area contributed by atoms with Crippen molar-refractivity contribution in [1.29, 1.82) is 0 Å². The van der Waals surface area contributed by atoms with Crippen molar-refractivity contribution >= 4 is 23.5 Å². The second-order valence-corrected chi connectivity index (χ2v) is 6.93. The van der Waals surface area contributed by atoms with Crippen LogP contribution in [0.2, 0.25) is 5.02 Å². The third-order valence-electron chi connectivity index (χ3n) is 4.74. The number of likely N-dealkylation sites (tertiary alicyclic amines) is 1. The SMILES string of the molecule is CC(C)C(N)C(=O)N1CCC(C(=O)O)(c2ccc(Cl)cc2)CC1. The Hall–Kier alpha value is -1.59. The number of hydrogen-bond donors (Lipinski definition) is 2. The van der Waals surface area contributed by atoms with Gasteiger partial charge in [-0.2, -0.15) is 0 Å². The van der Waals surface area contributed by atoms with Crippen LogP contribution in [0.4, 0.5) is 0 Å². The first-order valence-corrected chi connectivity index (χ1v) is 8.19. The third-order valence-corrected chi connectivity index (χ3v) is 4.99. The highest BCUT2D eigenvalue weighted by Crippen LogP contribution is 2.36. The van der Waals surface area contributed by atoms with E-state index < -0.39 is 17.4 Å². The molecule has 1 saturated heterocycles. The predicted molar refractivity (Wildman–Crippen MR) is 89.4 cm³/mol. The minimum absolute atomic E-state index is 0.0601. The highest BCUT2D eigenvalue weighted by molar-refractivity contribution is 6.30. The number of benzene rings is 1. The molecule has 0 aliphatic carbocycles. The minimum atomic E-state index is -0.969. The molecule has 23 heavy (non-hydrogen) atoms. The monoisotopic (exact) mass is 338 g/mol. The first-order valence-electron chi connectivity index (χ1n) is 7.82. The Bertz CT molecular complexity index is 578. The average Bonchev–Trinajstić information content (AvgIpc) is 2.54. The first kappa shape index (κ1) is 17.8. The number of piperidine rings is 1. The minimum Gasteiger partial charge on any atom is -0.481 e. The summed E-state index contributed by atoms with van der Waals surface area (Å²) in [5.41, 5.74) is 5.69. The third kappa shape index (κ3) is 3.51. The lowest BCUT2D eigenvalue weighted by atomic mass is 9.72. The Morgan fingerprint density at radius 3 is 2.17 bits per heavy atom. The van der Waals surface area contributed by atoms with E-state index >= 15 is 0 Å². The van der Waals surface area contributed by atoms with Gasteiger partial charge in [0.15, 0.2) is 0 Å². The van der Waals surface area contributed by atoms with E-state index in [1.165, 1.54) is 0 Å². The summed E-state index contributed by atoms with van der Waals surface area (Å²) in [7, 11) is 0. The van der Waals surface area contributed by atoms with E-state index in [9.17, 15) is 14.7 Å². The predicted octanol–water partition coefficient (Wildman–Crippen LogP) is 2.27. The highest BCUT2D eigenvalue weighted by Gasteiger charge is 2.44. The molecule has 0 saturated carbocycles. The standard InChI is InChI=1S/C17H23ClN2O3/c1-11(2)14(19)15(21)20-9-7-17(8-10-20,16(22)23)12-3-5-13(18)6-4-12/h3-6,11,14H,7-10,19H2,1-2H3,(H,22,23). The molecule has 6 heteroatoms. The smallest absolute Gasteiger partial charge is 0.314 e. The number of amides is 1. The van der Waals surface area contributed by atoms with Gasteiger partial charge < -0.3 is 15.7 Å². The summed E-state index contributed by atoms with van der Waals surface area (Å²) in [6.07, 6.45) is 0.751. The maximum atomic E-state index is 12.3. The van der Waals surface area contributed by atoms with E-state index in [1.807, 2.05) is 13.8 Å². The van der Waals surface area contributed by atoms with Crippen molar-refractivity contribution in [2.45, 2.75) is 38.1 Å². The van der Waals surface area contributed by atoms with Crippen LogP contribution < -0.4 is 5.73 Å². The zero-order valence-corrected chi connectivity index (χ0v) is 14.2. The van der Waals surface area contributed by atoms with Crippen LogP contribution in [0.1, 0.15) is 32.3 Å². The molecule has 0 radical (unpaired) electrons. The lowest BCUT2D eigenvalue weighted by molar-refractivity contribution is -0.148. The number of carbonyl (C=O) groups is 2. The Labute approximate surface area is 141 Å². The molecule has 1 aromatic carbocycles. The molecule has 5 nitrogen and oxygen atoms in total. The van der Waals surface area contributed by atoms with Gasteiger partial charge in [-0.15, -0.1) is 0 Å². The summed E-state index contributed by atoms with van der Waals surface area (Å²) in [4.78, 5) is 25.9. The fraction of sp³-hybridized carbons (Fsp3) is 0.529. The molecule has 1 amide bonds. The van der Waals surface area contributed by atoms with Crippen molar-refractivity contribution in [2.24, 2.45) is 11.7 Å². The van der Waals surface area contributed by atoms with Gasteiger partial charge in [-0.05, 0) is 36.5 Å². The van der Waals surface area contributed by atoms with Gasteiger partial charge in [-0.1, -0.05) is 37.6 Å². The van der Waals surface area contributed by atoms with Crippen molar-refractivity contribution < 1.29 is 14.7 Å².